The van der Waals surface area contributed by atoms with Gasteiger partial charge in [-0.2, -0.15) is 0 Å². The van der Waals surface area contributed by atoms with Crippen molar-refractivity contribution in [2.45, 2.75) is 32.1 Å². The van der Waals surface area contributed by atoms with Crippen molar-refractivity contribution in [3.05, 3.63) is 77.4 Å². The van der Waals surface area contributed by atoms with Crippen molar-refractivity contribution in [2.75, 3.05) is 0 Å². The van der Waals surface area contributed by atoms with Crippen molar-refractivity contribution in [1.29, 1.82) is 0 Å². The van der Waals surface area contributed by atoms with Crippen molar-refractivity contribution in [1.82, 2.24) is 0 Å². The predicted octanol–water partition coefficient (Wildman–Crippen LogP) is 5.23. The number of benzene rings is 2. The first-order valence-electron chi connectivity index (χ1n) is 7.24. The van der Waals surface area contributed by atoms with Crippen molar-refractivity contribution in [2.24, 2.45) is 0 Å². The fraction of sp³-hybridized carbons (Fsp3) is 0.263. The van der Waals surface area contributed by atoms with Gasteiger partial charge in [0.15, 0.2) is 0 Å². The van der Waals surface area contributed by atoms with Crippen LogP contribution >= 0.6 is 0 Å². The monoisotopic (exact) mass is 248 g/mol. The van der Waals surface area contributed by atoms with Crippen molar-refractivity contribution >= 4 is 5.57 Å². The number of allylic oxidation sites excluding steroid dienone is 2. The van der Waals surface area contributed by atoms with E-state index in [0.29, 0.717) is 0 Å². The average Bonchev–Trinajstić information content (AvgIpc) is 2.50. The molecule has 1 aliphatic carbocycles. The van der Waals surface area contributed by atoms with Crippen LogP contribution in [0.5, 0.6) is 0 Å². The highest BCUT2D eigenvalue weighted by Crippen LogP contribution is 2.27. The minimum atomic E-state index is 1.03. The Hall–Kier alpha value is -1.82. The lowest BCUT2D eigenvalue weighted by atomic mass is 9.92. The van der Waals surface area contributed by atoms with Crippen molar-refractivity contribution in [3.8, 4) is 0 Å². The topological polar surface area (TPSA) is 0 Å². The molecule has 0 unspecified atom stereocenters. The van der Waals surface area contributed by atoms with Gasteiger partial charge in [-0.3, -0.25) is 0 Å². The minimum Gasteiger partial charge on any atom is -0.0807 e. The van der Waals surface area contributed by atoms with Crippen LogP contribution in [0.3, 0.4) is 0 Å². The maximum absolute atomic E-state index is 2.41. The lowest BCUT2D eigenvalue weighted by molar-refractivity contribution is 0.742. The van der Waals surface area contributed by atoms with Crippen molar-refractivity contribution < 1.29 is 0 Å². The van der Waals surface area contributed by atoms with Gasteiger partial charge in [-0.1, -0.05) is 60.7 Å². The maximum atomic E-state index is 2.41. The van der Waals surface area contributed by atoms with Gasteiger partial charge in [0.05, 0.1) is 0 Å². The summed E-state index contributed by atoms with van der Waals surface area (Å²) < 4.78 is 0. The molecule has 0 atom stereocenters. The third-order valence-electron chi connectivity index (χ3n) is 3.87. The Labute approximate surface area is 115 Å². The van der Waals surface area contributed by atoms with E-state index in [4.69, 9.17) is 0 Å². The zero-order valence-corrected chi connectivity index (χ0v) is 11.3. The van der Waals surface area contributed by atoms with Gasteiger partial charge in [0.25, 0.3) is 0 Å². The third-order valence-corrected chi connectivity index (χ3v) is 3.87. The van der Waals surface area contributed by atoms with Crippen LogP contribution in [0.15, 0.2) is 60.7 Å². The zero-order valence-electron chi connectivity index (χ0n) is 11.3. The van der Waals surface area contributed by atoms with Gasteiger partial charge in [0.2, 0.25) is 0 Å². The zero-order chi connectivity index (χ0) is 12.9. The maximum Gasteiger partial charge on any atom is -0.00258 e. The summed E-state index contributed by atoms with van der Waals surface area (Å²) in [5.41, 5.74) is 5.73. The summed E-state index contributed by atoms with van der Waals surface area (Å²) in [5, 5.41) is 0. The summed E-state index contributed by atoms with van der Waals surface area (Å²) in [6.45, 7) is 0. The Bertz CT molecular complexity index is 546. The summed E-state index contributed by atoms with van der Waals surface area (Å²) in [7, 11) is 0. The fourth-order valence-corrected chi connectivity index (χ4v) is 2.77. The van der Waals surface area contributed by atoms with Crippen LogP contribution < -0.4 is 0 Å². The quantitative estimate of drug-likeness (QED) is 0.697. The van der Waals surface area contributed by atoms with Crippen LogP contribution in [-0.4, -0.2) is 0 Å². The molecule has 1 aliphatic rings. The Morgan fingerprint density at radius 2 is 1.47 bits per heavy atom. The second-order valence-electron chi connectivity index (χ2n) is 5.33. The summed E-state index contributed by atoms with van der Waals surface area (Å²) >= 11 is 0. The summed E-state index contributed by atoms with van der Waals surface area (Å²) in [6.07, 6.45) is 8.64. The van der Waals surface area contributed by atoms with Crippen LogP contribution in [0.4, 0.5) is 0 Å². The highest BCUT2D eigenvalue weighted by molar-refractivity contribution is 5.66. The van der Waals surface area contributed by atoms with Crippen LogP contribution in [0, 0.1) is 0 Å². The summed E-state index contributed by atoms with van der Waals surface area (Å²) in [6, 6.07) is 19.8. The Morgan fingerprint density at radius 1 is 0.737 bits per heavy atom. The highest BCUT2D eigenvalue weighted by atomic mass is 14.1. The molecule has 0 heterocycles. The standard InChI is InChI=1S/C19H20/c1-3-7-16(8-4-1)15-17-11-13-19(14-12-17)18-9-5-2-6-10-18/h1,3-4,7-9,11-14H,2,5-6,10,15H2. The number of hydrogen-bond acceptors (Lipinski definition) is 0. The van der Waals surface area contributed by atoms with E-state index in [0.717, 1.165) is 6.42 Å². The Morgan fingerprint density at radius 3 is 2.16 bits per heavy atom. The molecule has 0 saturated carbocycles. The van der Waals surface area contributed by atoms with Gasteiger partial charge >= 0.3 is 0 Å². The molecule has 0 spiro atoms. The lowest BCUT2D eigenvalue weighted by Gasteiger charge is -2.13. The molecule has 96 valence electrons. The second kappa shape index (κ2) is 5.88. The normalized spacial score (nSPS) is 15.1. The molecule has 2 aromatic carbocycles. The first-order valence-corrected chi connectivity index (χ1v) is 7.24. The molecule has 0 fully saturated rings. The van der Waals surface area contributed by atoms with E-state index in [1.54, 1.807) is 0 Å². The molecule has 0 heteroatoms. The molecule has 0 aromatic heterocycles. The van der Waals surface area contributed by atoms with E-state index in [2.05, 4.69) is 60.7 Å². The molecular weight excluding hydrogens is 228 g/mol. The molecule has 0 saturated heterocycles. The van der Waals surface area contributed by atoms with E-state index >= 15 is 0 Å². The number of rotatable bonds is 3. The fourth-order valence-electron chi connectivity index (χ4n) is 2.77. The molecule has 3 rings (SSSR count). The van der Waals surface area contributed by atoms with Gasteiger partial charge in [0, 0.05) is 0 Å². The molecule has 2 aromatic rings. The largest absolute Gasteiger partial charge is 0.0807 e. The van der Waals surface area contributed by atoms with Crippen molar-refractivity contribution in [3.63, 3.8) is 0 Å². The van der Waals surface area contributed by atoms with E-state index in [-0.39, 0.29) is 0 Å². The molecule has 0 radical (unpaired) electrons. The molecule has 0 amide bonds. The molecule has 0 bridgehead atoms. The minimum absolute atomic E-state index is 1.03. The lowest BCUT2D eigenvalue weighted by Crippen LogP contribution is -1.93. The summed E-state index contributed by atoms with van der Waals surface area (Å²) in [4.78, 5) is 0. The van der Waals surface area contributed by atoms with Crippen LogP contribution in [0.1, 0.15) is 42.4 Å². The number of hydrogen-bond donors (Lipinski definition) is 0. The third kappa shape index (κ3) is 3.14. The molecule has 0 nitrogen and oxygen atoms in total. The smallest absolute Gasteiger partial charge is 0.00258 e. The summed E-state index contributed by atoms with van der Waals surface area (Å²) in [5.74, 6) is 0. The predicted molar refractivity (Wildman–Crippen MR) is 82.1 cm³/mol. The van der Waals surface area contributed by atoms with Crippen LogP contribution in [0.2, 0.25) is 0 Å². The van der Waals surface area contributed by atoms with Crippen LogP contribution in [-0.2, 0) is 6.42 Å². The Kier molecular flexibility index (Phi) is 3.78. The Balaban J connectivity index is 1.74. The second-order valence-corrected chi connectivity index (χ2v) is 5.33. The van der Waals surface area contributed by atoms with Gasteiger partial charge in [-0.05, 0) is 54.4 Å². The van der Waals surface area contributed by atoms with Gasteiger partial charge in [-0.15, -0.1) is 0 Å². The molecule has 19 heavy (non-hydrogen) atoms. The van der Waals surface area contributed by atoms with E-state index in [1.807, 2.05) is 0 Å². The average molecular weight is 248 g/mol. The first kappa shape index (κ1) is 12.2. The van der Waals surface area contributed by atoms with Gasteiger partial charge in [0.1, 0.15) is 0 Å². The SMILES string of the molecule is C1=C(c2ccc(Cc3ccccc3)cc2)CCCC1. The molecule has 0 aliphatic heterocycles. The van der Waals surface area contributed by atoms with E-state index in [1.165, 1.54) is 47.9 Å². The first-order chi connectivity index (χ1) is 9.42. The van der Waals surface area contributed by atoms with E-state index in [9.17, 15) is 0 Å². The highest BCUT2D eigenvalue weighted by Gasteiger charge is 2.06. The van der Waals surface area contributed by atoms with Crippen LogP contribution in [0.25, 0.3) is 5.57 Å². The van der Waals surface area contributed by atoms with E-state index < -0.39 is 0 Å². The van der Waals surface area contributed by atoms with Gasteiger partial charge < -0.3 is 0 Å². The molecule has 0 N–H and O–H groups in total. The van der Waals surface area contributed by atoms with Gasteiger partial charge in [-0.25, -0.2) is 0 Å². The molecular formula is C19H20.